The van der Waals surface area contributed by atoms with Gasteiger partial charge < -0.3 is 10.1 Å². The molecule has 1 atom stereocenters. The monoisotopic (exact) mass is 243 g/mol. The van der Waals surface area contributed by atoms with Gasteiger partial charge in [0.1, 0.15) is 6.10 Å². The summed E-state index contributed by atoms with van der Waals surface area (Å²) in [4.78, 5) is 0. The van der Waals surface area contributed by atoms with E-state index in [1.165, 1.54) is 0 Å². The third-order valence-electron chi connectivity index (χ3n) is 2.62. The highest BCUT2D eigenvalue weighted by molar-refractivity contribution is 5.19. The highest BCUT2D eigenvalue weighted by atomic mass is 16.5. The second kappa shape index (κ2) is 6.12. The van der Waals surface area contributed by atoms with Gasteiger partial charge in [0, 0.05) is 12.6 Å². The molecule has 0 spiro atoms. The number of rotatable bonds is 5. The second-order valence-electron chi connectivity index (χ2n) is 4.06. The van der Waals surface area contributed by atoms with Gasteiger partial charge in [0.05, 0.1) is 5.69 Å². The molecular weight excluding hydrogens is 226 g/mol. The van der Waals surface area contributed by atoms with Gasteiger partial charge in [-0.3, -0.25) is 0 Å². The van der Waals surface area contributed by atoms with Gasteiger partial charge in [-0.05, 0) is 25.6 Å². The quantitative estimate of drug-likeness (QED) is 0.875. The summed E-state index contributed by atoms with van der Waals surface area (Å²) in [6.07, 6.45) is -0.0318. The van der Waals surface area contributed by atoms with Crippen LogP contribution < -0.4 is 10.1 Å². The third-order valence-corrected chi connectivity index (χ3v) is 2.62. The van der Waals surface area contributed by atoms with E-state index in [-0.39, 0.29) is 6.10 Å². The molecule has 0 aliphatic heterocycles. The van der Waals surface area contributed by atoms with Crippen molar-refractivity contribution in [3.8, 4) is 5.88 Å². The molecule has 1 unspecified atom stereocenters. The van der Waals surface area contributed by atoms with Crippen LogP contribution in [0.15, 0.2) is 42.5 Å². The Hall–Kier alpha value is -1.94. The summed E-state index contributed by atoms with van der Waals surface area (Å²) in [5.74, 6) is 0.547. The minimum absolute atomic E-state index is 0.0318. The molecule has 4 nitrogen and oxygen atoms in total. The fourth-order valence-corrected chi connectivity index (χ4v) is 1.66. The Morgan fingerprint density at radius 3 is 2.50 bits per heavy atom. The van der Waals surface area contributed by atoms with Gasteiger partial charge in [0.15, 0.2) is 0 Å². The van der Waals surface area contributed by atoms with Crippen molar-refractivity contribution < 1.29 is 4.74 Å². The van der Waals surface area contributed by atoms with Crippen LogP contribution >= 0.6 is 0 Å². The van der Waals surface area contributed by atoms with Crippen molar-refractivity contribution >= 4 is 0 Å². The van der Waals surface area contributed by atoms with Crippen molar-refractivity contribution in [1.29, 1.82) is 0 Å². The van der Waals surface area contributed by atoms with E-state index in [0.717, 1.165) is 11.3 Å². The van der Waals surface area contributed by atoms with E-state index in [1.54, 1.807) is 0 Å². The fourth-order valence-electron chi connectivity index (χ4n) is 1.66. The normalized spacial score (nSPS) is 12.1. The van der Waals surface area contributed by atoms with Crippen LogP contribution in [0.2, 0.25) is 0 Å². The first-order valence-electron chi connectivity index (χ1n) is 5.98. The molecule has 0 saturated heterocycles. The van der Waals surface area contributed by atoms with Crippen molar-refractivity contribution in [3.05, 3.63) is 53.7 Å². The molecule has 0 amide bonds. The summed E-state index contributed by atoms with van der Waals surface area (Å²) < 4.78 is 5.74. The lowest BCUT2D eigenvalue weighted by molar-refractivity contribution is 0.214. The van der Waals surface area contributed by atoms with E-state index in [0.29, 0.717) is 12.4 Å². The van der Waals surface area contributed by atoms with E-state index >= 15 is 0 Å². The largest absolute Gasteiger partial charge is 0.469 e. The molecule has 0 fully saturated rings. The number of ether oxygens (including phenoxy) is 1. The van der Waals surface area contributed by atoms with Gasteiger partial charge in [-0.15, -0.1) is 5.10 Å². The minimum atomic E-state index is -0.0318. The average Bonchev–Trinajstić information content (AvgIpc) is 2.42. The molecule has 0 radical (unpaired) electrons. The number of nitrogens with one attached hydrogen (secondary N) is 1. The second-order valence-corrected chi connectivity index (χ2v) is 4.06. The number of hydrogen-bond donors (Lipinski definition) is 1. The lowest BCUT2D eigenvalue weighted by Gasteiger charge is -2.13. The van der Waals surface area contributed by atoms with Gasteiger partial charge in [0.25, 0.3) is 0 Å². The van der Waals surface area contributed by atoms with Crippen LogP contribution in [0.5, 0.6) is 5.88 Å². The van der Waals surface area contributed by atoms with Crippen LogP contribution in [0.1, 0.15) is 24.3 Å². The molecular formula is C14H17N3O. The minimum Gasteiger partial charge on any atom is -0.469 e. The van der Waals surface area contributed by atoms with Gasteiger partial charge >= 0.3 is 0 Å². The van der Waals surface area contributed by atoms with Crippen molar-refractivity contribution in [2.75, 3.05) is 7.05 Å². The average molecular weight is 243 g/mol. The van der Waals surface area contributed by atoms with Crippen molar-refractivity contribution in [3.63, 3.8) is 0 Å². The zero-order valence-corrected chi connectivity index (χ0v) is 10.6. The van der Waals surface area contributed by atoms with E-state index in [1.807, 2.05) is 56.4 Å². The molecule has 0 saturated carbocycles. The van der Waals surface area contributed by atoms with Crippen LogP contribution in [0, 0.1) is 0 Å². The Morgan fingerprint density at radius 1 is 1.11 bits per heavy atom. The lowest BCUT2D eigenvalue weighted by atomic mass is 10.1. The maximum Gasteiger partial charge on any atom is 0.233 e. The van der Waals surface area contributed by atoms with Gasteiger partial charge in [-0.25, -0.2) is 0 Å². The van der Waals surface area contributed by atoms with E-state index in [2.05, 4.69) is 15.5 Å². The highest BCUT2D eigenvalue weighted by Crippen LogP contribution is 2.18. The maximum atomic E-state index is 5.74. The molecule has 0 bridgehead atoms. The highest BCUT2D eigenvalue weighted by Gasteiger charge is 2.07. The van der Waals surface area contributed by atoms with E-state index in [9.17, 15) is 0 Å². The Morgan fingerprint density at radius 2 is 1.89 bits per heavy atom. The molecule has 1 heterocycles. The summed E-state index contributed by atoms with van der Waals surface area (Å²) in [5, 5.41) is 11.2. The summed E-state index contributed by atoms with van der Waals surface area (Å²) >= 11 is 0. The SMILES string of the molecule is CNCc1ccc(OC(C)c2ccccc2)nn1. The fraction of sp³-hybridized carbons (Fsp3) is 0.286. The first-order valence-corrected chi connectivity index (χ1v) is 5.98. The molecule has 4 heteroatoms. The molecule has 1 aromatic carbocycles. The van der Waals surface area contributed by atoms with Crippen molar-refractivity contribution in [1.82, 2.24) is 15.5 Å². The maximum absolute atomic E-state index is 5.74. The molecule has 0 aliphatic rings. The standard InChI is InChI=1S/C14H17N3O/c1-11(12-6-4-3-5-7-12)18-14-9-8-13(10-15-2)16-17-14/h3-9,11,15H,10H2,1-2H3. The number of hydrogen-bond acceptors (Lipinski definition) is 4. The van der Waals surface area contributed by atoms with Crippen molar-refractivity contribution in [2.24, 2.45) is 0 Å². The topological polar surface area (TPSA) is 47.0 Å². The summed E-state index contributed by atoms with van der Waals surface area (Å²) in [5.41, 5.74) is 2.02. The Kier molecular flexibility index (Phi) is 4.25. The molecule has 1 N–H and O–H groups in total. The summed E-state index contributed by atoms with van der Waals surface area (Å²) in [6, 6.07) is 13.8. The Bertz CT molecular complexity index is 470. The Labute approximate surface area is 107 Å². The molecule has 1 aromatic heterocycles. The molecule has 0 aliphatic carbocycles. The molecule has 94 valence electrons. The van der Waals surface area contributed by atoms with Crippen LogP contribution in [-0.4, -0.2) is 17.2 Å². The van der Waals surface area contributed by atoms with Crippen LogP contribution in [-0.2, 0) is 6.54 Å². The van der Waals surface area contributed by atoms with E-state index < -0.39 is 0 Å². The first-order chi connectivity index (χ1) is 8.79. The molecule has 18 heavy (non-hydrogen) atoms. The third kappa shape index (κ3) is 3.28. The number of nitrogens with zero attached hydrogens (tertiary/aromatic N) is 2. The predicted molar refractivity (Wildman–Crippen MR) is 70.3 cm³/mol. The van der Waals surface area contributed by atoms with Gasteiger partial charge in [0.2, 0.25) is 5.88 Å². The molecule has 2 aromatic rings. The lowest BCUT2D eigenvalue weighted by Crippen LogP contribution is -2.09. The van der Waals surface area contributed by atoms with Gasteiger partial charge in [-0.1, -0.05) is 30.3 Å². The zero-order valence-electron chi connectivity index (χ0n) is 10.6. The summed E-state index contributed by atoms with van der Waals surface area (Å²) in [6.45, 7) is 2.71. The summed E-state index contributed by atoms with van der Waals surface area (Å²) in [7, 11) is 1.88. The van der Waals surface area contributed by atoms with Crippen LogP contribution in [0.3, 0.4) is 0 Å². The first kappa shape index (κ1) is 12.5. The zero-order chi connectivity index (χ0) is 12.8. The van der Waals surface area contributed by atoms with Crippen LogP contribution in [0.4, 0.5) is 0 Å². The smallest absolute Gasteiger partial charge is 0.233 e. The van der Waals surface area contributed by atoms with Crippen LogP contribution in [0.25, 0.3) is 0 Å². The Balaban J connectivity index is 2.01. The number of aromatic nitrogens is 2. The van der Waals surface area contributed by atoms with E-state index in [4.69, 9.17) is 4.74 Å². The van der Waals surface area contributed by atoms with Gasteiger partial charge in [-0.2, -0.15) is 5.10 Å². The van der Waals surface area contributed by atoms with Crippen molar-refractivity contribution in [2.45, 2.75) is 19.6 Å². The predicted octanol–water partition coefficient (Wildman–Crippen LogP) is 2.34. The number of benzene rings is 1. The molecule has 2 rings (SSSR count).